The molecule has 1 aromatic rings. The number of urea groups is 1. The fourth-order valence-electron chi connectivity index (χ4n) is 3.78. The molecule has 3 heterocycles. The Hall–Kier alpha value is -1.83. The summed E-state index contributed by atoms with van der Waals surface area (Å²) in [6.45, 7) is 2.89. The summed E-state index contributed by atoms with van der Waals surface area (Å²) in [7, 11) is 0. The quantitative estimate of drug-likeness (QED) is 0.853. The van der Waals surface area contributed by atoms with Crippen molar-refractivity contribution in [1.29, 1.82) is 0 Å². The Morgan fingerprint density at radius 3 is 2.46 bits per heavy atom. The van der Waals surface area contributed by atoms with Crippen molar-refractivity contribution in [1.82, 2.24) is 10.2 Å². The van der Waals surface area contributed by atoms with Crippen LogP contribution in [-0.2, 0) is 14.3 Å². The number of nitrogens with one attached hydrogen (secondary N) is 1. The first-order valence-electron chi connectivity index (χ1n) is 8.94. The Labute approximate surface area is 157 Å². The number of halogens is 1. The molecule has 3 saturated heterocycles. The Morgan fingerprint density at radius 2 is 1.81 bits per heavy atom. The third kappa shape index (κ3) is 3.51. The lowest BCUT2D eigenvalue weighted by molar-refractivity contribution is -0.181. The molecule has 0 aromatic heterocycles. The van der Waals surface area contributed by atoms with Gasteiger partial charge in [0.15, 0.2) is 5.79 Å². The number of amides is 3. The molecule has 3 amide bonds. The minimum absolute atomic E-state index is 0.00275. The number of anilines is 1. The Bertz CT molecular complexity index is 680. The van der Waals surface area contributed by atoms with E-state index in [-0.39, 0.29) is 18.0 Å². The zero-order valence-corrected chi connectivity index (χ0v) is 15.2. The number of hydrogen-bond acceptors (Lipinski definition) is 4. The van der Waals surface area contributed by atoms with Crippen molar-refractivity contribution in [3.8, 4) is 0 Å². The number of piperidine rings is 1. The highest BCUT2D eigenvalue weighted by Crippen LogP contribution is 2.31. The molecule has 1 atom stereocenters. The molecule has 8 heteroatoms. The highest BCUT2D eigenvalue weighted by atomic mass is 35.5. The van der Waals surface area contributed by atoms with E-state index in [1.807, 2.05) is 12.1 Å². The van der Waals surface area contributed by atoms with Gasteiger partial charge in [-0.1, -0.05) is 11.6 Å². The van der Waals surface area contributed by atoms with Crippen molar-refractivity contribution >= 4 is 29.2 Å². The van der Waals surface area contributed by atoms with Gasteiger partial charge in [0.2, 0.25) is 5.91 Å². The molecule has 1 spiro atoms. The van der Waals surface area contributed by atoms with Crippen LogP contribution in [0.2, 0.25) is 5.02 Å². The maximum Gasteiger partial charge on any atom is 0.317 e. The minimum Gasteiger partial charge on any atom is -0.347 e. The van der Waals surface area contributed by atoms with E-state index < -0.39 is 5.79 Å². The van der Waals surface area contributed by atoms with E-state index in [0.29, 0.717) is 57.1 Å². The third-order valence-electron chi connectivity index (χ3n) is 5.22. The normalized spacial score (nSPS) is 25.1. The molecule has 140 valence electrons. The molecule has 4 rings (SSSR count). The van der Waals surface area contributed by atoms with Gasteiger partial charge in [-0.3, -0.25) is 4.79 Å². The molecule has 0 aliphatic carbocycles. The number of nitrogens with zero attached hydrogens (tertiary/aromatic N) is 2. The Morgan fingerprint density at radius 1 is 1.15 bits per heavy atom. The molecule has 26 heavy (non-hydrogen) atoms. The summed E-state index contributed by atoms with van der Waals surface area (Å²) >= 11 is 5.90. The van der Waals surface area contributed by atoms with Crippen LogP contribution in [0.3, 0.4) is 0 Å². The van der Waals surface area contributed by atoms with Crippen molar-refractivity contribution in [2.45, 2.75) is 31.1 Å². The number of likely N-dealkylation sites (tertiary alicyclic amines) is 1. The van der Waals surface area contributed by atoms with E-state index >= 15 is 0 Å². The van der Waals surface area contributed by atoms with Gasteiger partial charge >= 0.3 is 6.03 Å². The summed E-state index contributed by atoms with van der Waals surface area (Å²) < 4.78 is 11.4. The van der Waals surface area contributed by atoms with Gasteiger partial charge in [0.25, 0.3) is 0 Å². The molecule has 1 aromatic carbocycles. The molecule has 1 unspecified atom stereocenters. The van der Waals surface area contributed by atoms with Gasteiger partial charge in [0, 0.05) is 49.6 Å². The minimum atomic E-state index is -0.495. The zero-order valence-electron chi connectivity index (χ0n) is 14.4. The highest BCUT2D eigenvalue weighted by molar-refractivity contribution is 6.30. The van der Waals surface area contributed by atoms with Crippen molar-refractivity contribution < 1.29 is 19.1 Å². The maximum atomic E-state index is 12.5. The summed E-state index contributed by atoms with van der Waals surface area (Å²) in [5.41, 5.74) is 0.798. The first-order valence-corrected chi connectivity index (χ1v) is 9.32. The number of carbonyl (C=O) groups excluding carboxylic acids is 2. The molecule has 7 nitrogen and oxygen atoms in total. The number of carbonyl (C=O) groups is 2. The summed E-state index contributed by atoms with van der Waals surface area (Å²) in [6.07, 6.45) is 1.67. The molecule has 0 bridgehead atoms. The second-order valence-corrected chi connectivity index (χ2v) is 7.36. The lowest BCUT2D eigenvalue weighted by Gasteiger charge is -2.37. The summed E-state index contributed by atoms with van der Waals surface area (Å²) in [6, 6.07) is 6.82. The third-order valence-corrected chi connectivity index (χ3v) is 5.47. The van der Waals surface area contributed by atoms with Crippen LogP contribution >= 0.6 is 11.6 Å². The van der Waals surface area contributed by atoms with Crippen molar-refractivity contribution in [2.24, 2.45) is 0 Å². The number of benzene rings is 1. The fraction of sp³-hybridized carbons (Fsp3) is 0.556. The van der Waals surface area contributed by atoms with Gasteiger partial charge in [-0.05, 0) is 24.3 Å². The van der Waals surface area contributed by atoms with Crippen molar-refractivity contribution in [2.75, 3.05) is 37.7 Å². The Balaban J connectivity index is 1.31. The second-order valence-electron chi connectivity index (χ2n) is 6.93. The monoisotopic (exact) mass is 379 g/mol. The van der Waals surface area contributed by atoms with E-state index in [4.69, 9.17) is 21.1 Å². The predicted molar refractivity (Wildman–Crippen MR) is 96.2 cm³/mol. The average Bonchev–Trinajstić information content (AvgIpc) is 3.23. The first kappa shape index (κ1) is 17.6. The van der Waals surface area contributed by atoms with Crippen molar-refractivity contribution in [3.63, 3.8) is 0 Å². The van der Waals surface area contributed by atoms with Crippen LogP contribution in [0, 0.1) is 0 Å². The smallest absolute Gasteiger partial charge is 0.317 e. The number of ether oxygens (including phenoxy) is 2. The van der Waals surface area contributed by atoms with Crippen LogP contribution in [0.5, 0.6) is 0 Å². The molecule has 3 aliphatic rings. The van der Waals surface area contributed by atoms with Gasteiger partial charge in [-0.25, -0.2) is 4.79 Å². The van der Waals surface area contributed by atoms with E-state index in [1.165, 1.54) is 0 Å². The average molecular weight is 380 g/mol. The predicted octanol–water partition coefficient (Wildman–Crippen LogP) is 1.99. The van der Waals surface area contributed by atoms with Gasteiger partial charge in [-0.15, -0.1) is 0 Å². The molecule has 1 N–H and O–H groups in total. The first-order chi connectivity index (χ1) is 12.5. The molecule has 3 aliphatic heterocycles. The lowest BCUT2D eigenvalue weighted by atomic mass is 10.0. The standard InChI is InChI=1S/C18H22ClN3O4/c19-13-1-3-15(4-2-13)22-12-14(11-16(22)23)20-17(24)21-7-5-18(6-8-21)25-9-10-26-18/h1-4,14H,5-12H2,(H,20,24). The van der Waals surface area contributed by atoms with Gasteiger partial charge in [0.1, 0.15) is 0 Å². The second kappa shape index (κ2) is 7.06. The van der Waals surface area contributed by atoms with Gasteiger partial charge in [-0.2, -0.15) is 0 Å². The summed E-state index contributed by atoms with van der Waals surface area (Å²) in [5, 5.41) is 3.61. The van der Waals surface area contributed by atoms with Crippen LogP contribution < -0.4 is 10.2 Å². The molecule has 3 fully saturated rings. The zero-order chi connectivity index (χ0) is 18.1. The Kier molecular flexibility index (Phi) is 4.77. The summed E-state index contributed by atoms with van der Waals surface area (Å²) in [5.74, 6) is -0.492. The maximum absolute atomic E-state index is 12.5. The molecular weight excluding hydrogens is 358 g/mol. The topological polar surface area (TPSA) is 71.1 Å². The van der Waals surface area contributed by atoms with E-state index in [0.717, 1.165) is 5.69 Å². The van der Waals surface area contributed by atoms with Crippen LogP contribution in [0.25, 0.3) is 0 Å². The van der Waals surface area contributed by atoms with Gasteiger partial charge < -0.3 is 24.6 Å². The largest absolute Gasteiger partial charge is 0.347 e. The summed E-state index contributed by atoms with van der Waals surface area (Å²) in [4.78, 5) is 28.3. The van der Waals surface area contributed by atoms with Crippen LogP contribution in [0.4, 0.5) is 10.5 Å². The number of rotatable bonds is 2. The molecule has 0 saturated carbocycles. The molecule has 0 radical (unpaired) electrons. The SMILES string of the molecule is O=C(NC1CC(=O)N(c2ccc(Cl)cc2)C1)N1CCC2(CC1)OCCO2. The number of hydrogen-bond donors (Lipinski definition) is 1. The van der Waals surface area contributed by atoms with Crippen LogP contribution in [-0.4, -0.2) is 61.5 Å². The fourth-order valence-corrected chi connectivity index (χ4v) is 3.90. The van der Waals surface area contributed by atoms with Crippen LogP contribution in [0.15, 0.2) is 24.3 Å². The lowest BCUT2D eigenvalue weighted by Crippen LogP contribution is -2.52. The van der Waals surface area contributed by atoms with Gasteiger partial charge in [0.05, 0.1) is 19.3 Å². The van der Waals surface area contributed by atoms with E-state index in [2.05, 4.69) is 5.32 Å². The van der Waals surface area contributed by atoms with Crippen molar-refractivity contribution in [3.05, 3.63) is 29.3 Å². The van der Waals surface area contributed by atoms with Crippen LogP contribution in [0.1, 0.15) is 19.3 Å². The molecular formula is C18H22ClN3O4. The van der Waals surface area contributed by atoms with E-state index in [9.17, 15) is 9.59 Å². The van der Waals surface area contributed by atoms with E-state index in [1.54, 1.807) is 21.9 Å². The highest BCUT2D eigenvalue weighted by Gasteiger charge is 2.41.